The number of anilines is 1. The third-order valence-corrected chi connectivity index (χ3v) is 5.94. The van der Waals surface area contributed by atoms with Crippen LogP contribution in [0.25, 0.3) is 0 Å². The van der Waals surface area contributed by atoms with Crippen molar-refractivity contribution in [3.63, 3.8) is 0 Å². The van der Waals surface area contributed by atoms with Crippen molar-refractivity contribution in [3.8, 4) is 0 Å². The number of rotatable bonds is 9. The second-order valence-corrected chi connectivity index (χ2v) is 8.93. The highest BCUT2D eigenvalue weighted by atomic mass is 16.2. The smallest absolute Gasteiger partial charge is 0.252 e. The second-order valence-electron chi connectivity index (χ2n) is 8.93. The van der Waals surface area contributed by atoms with Crippen LogP contribution >= 0.6 is 0 Å². The second kappa shape index (κ2) is 11.7. The monoisotopic (exact) mass is 436 g/mol. The summed E-state index contributed by atoms with van der Waals surface area (Å²) in [5.41, 5.74) is 2.79. The van der Waals surface area contributed by atoms with Crippen molar-refractivity contribution >= 4 is 17.5 Å². The van der Waals surface area contributed by atoms with Gasteiger partial charge in [-0.1, -0.05) is 50.2 Å². The van der Waals surface area contributed by atoms with Crippen molar-refractivity contribution in [2.75, 3.05) is 44.2 Å². The van der Waals surface area contributed by atoms with Crippen LogP contribution in [0.15, 0.2) is 54.6 Å². The molecule has 2 aromatic carbocycles. The molecule has 32 heavy (non-hydrogen) atoms. The maximum atomic E-state index is 12.9. The number of piperazine rings is 1. The highest BCUT2D eigenvalue weighted by molar-refractivity contribution is 5.98. The largest absolute Gasteiger partial charge is 0.369 e. The van der Waals surface area contributed by atoms with E-state index in [9.17, 15) is 9.59 Å². The average Bonchev–Trinajstić information content (AvgIpc) is 2.79. The van der Waals surface area contributed by atoms with E-state index in [-0.39, 0.29) is 11.8 Å². The molecular weight excluding hydrogens is 400 g/mol. The number of amides is 2. The molecule has 1 aliphatic rings. The van der Waals surface area contributed by atoms with Gasteiger partial charge in [0.2, 0.25) is 5.91 Å². The van der Waals surface area contributed by atoms with E-state index in [4.69, 9.17) is 0 Å². The van der Waals surface area contributed by atoms with Gasteiger partial charge < -0.3 is 15.5 Å². The first-order valence-electron chi connectivity index (χ1n) is 11.6. The normalized spacial score (nSPS) is 15.4. The molecule has 6 heteroatoms. The Hall–Kier alpha value is -2.86. The number of nitrogens with one attached hydrogen (secondary N) is 2. The fraction of sp³-hybridized carbons (Fsp3) is 0.462. The van der Waals surface area contributed by atoms with E-state index in [2.05, 4.69) is 58.5 Å². The molecule has 6 nitrogen and oxygen atoms in total. The molecule has 3 rings (SSSR count). The van der Waals surface area contributed by atoms with Gasteiger partial charge in [0.15, 0.2) is 0 Å². The highest BCUT2D eigenvalue weighted by Gasteiger charge is 2.23. The van der Waals surface area contributed by atoms with E-state index in [1.54, 1.807) is 6.07 Å². The third-order valence-electron chi connectivity index (χ3n) is 5.94. The first-order chi connectivity index (χ1) is 15.4. The Kier molecular flexibility index (Phi) is 8.68. The zero-order chi connectivity index (χ0) is 22.9. The van der Waals surface area contributed by atoms with Crippen LogP contribution in [0.5, 0.6) is 0 Å². The van der Waals surface area contributed by atoms with E-state index in [1.165, 1.54) is 5.69 Å². The van der Waals surface area contributed by atoms with E-state index < -0.39 is 6.04 Å². The number of carbonyl (C=O) groups excluding carboxylic acids is 2. The van der Waals surface area contributed by atoms with E-state index >= 15 is 0 Å². The third kappa shape index (κ3) is 6.82. The summed E-state index contributed by atoms with van der Waals surface area (Å²) >= 11 is 0. The van der Waals surface area contributed by atoms with Gasteiger partial charge in [-0.25, -0.2) is 0 Å². The number of nitrogens with zero attached hydrogens (tertiary/aromatic N) is 2. The van der Waals surface area contributed by atoms with Gasteiger partial charge in [-0.15, -0.1) is 0 Å². The molecule has 172 valence electrons. The number of aryl methyl sites for hydroxylation is 1. The van der Waals surface area contributed by atoms with E-state index in [0.29, 0.717) is 24.4 Å². The number of benzene rings is 2. The molecule has 1 fully saturated rings. The Bertz CT molecular complexity index is 876. The molecule has 1 unspecified atom stereocenters. The van der Waals surface area contributed by atoms with Crippen molar-refractivity contribution in [1.29, 1.82) is 0 Å². The summed E-state index contributed by atoms with van der Waals surface area (Å²) in [6, 6.07) is 17.4. The number of hydrogen-bond donors (Lipinski definition) is 2. The highest BCUT2D eigenvalue weighted by Crippen LogP contribution is 2.15. The van der Waals surface area contributed by atoms with Crippen molar-refractivity contribution in [3.05, 3.63) is 65.7 Å². The maximum absolute atomic E-state index is 12.9. The fourth-order valence-corrected chi connectivity index (χ4v) is 4.10. The zero-order valence-corrected chi connectivity index (χ0v) is 19.5. The molecule has 0 saturated carbocycles. The molecule has 0 bridgehead atoms. The number of carbonyl (C=O) groups is 2. The summed E-state index contributed by atoms with van der Waals surface area (Å²) in [7, 11) is 0. The maximum Gasteiger partial charge on any atom is 0.252 e. The Morgan fingerprint density at radius 3 is 2.25 bits per heavy atom. The van der Waals surface area contributed by atoms with Gasteiger partial charge in [0.25, 0.3) is 5.91 Å². The Balaban J connectivity index is 1.46. The van der Waals surface area contributed by atoms with E-state index in [1.807, 2.05) is 31.2 Å². The number of para-hydroxylation sites is 1. The first kappa shape index (κ1) is 23.8. The van der Waals surface area contributed by atoms with Crippen molar-refractivity contribution in [2.24, 2.45) is 5.92 Å². The van der Waals surface area contributed by atoms with E-state index in [0.717, 1.165) is 38.3 Å². The summed E-state index contributed by atoms with van der Waals surface area (Å²) in [5, 5.41) is 5.99. The van der Waals surface area contributed by atoms with Crippen LogP contribution < -0.4 is 15.5 Å². The lowest BCUT2D eigenvalue weighted by molar-refractivity contribution is -0.123. The quantitative estimate of drug-likeness (QED) is 0.634. The SMILES string of the molecule is Cc1ccccc1C(=O)NC(CC(C)C)C(=O)NCCN1CCN(c2ccccc2)CC1. The lowest BCUT2D eigenvalue weighted by atomic mass is 10.0. The summed E-state index contributed by atoms with van der Waals surface area (Å²) in [6.07, 6.45) is 0.610. The Morgan fingerprint density at radius 1 is 0.938 bits per heavy atom. The minimum Gasteiger partial charge on any atom is -0.369 e. The average molecular weight is 437 g/mol. The molecule has 0 aliphatic carbocycles. The molecule has 0 radical (unpaired) electrons. The topological polar surface area (TPSA) is 64.7 Å². The zero-order valence-electron chi connectivity index (χ0n) is 19.5. The predicted octanol–water partition coefficient (Wildman–Crippen LogP) is 3.08. The van der Waals surface area contributed by atoms with Gasteiger partial charge in [0.1, 0.15) is 6.04 Å². The molecule has 2 N–H and O–H groups in total. The minimum atomic E-state index is -0.531. The molecule has 2 aromatic rings. The van der Waals surface area contributed by atoms with Crippen LogP contribution in [0.2, 0.25) is 0 Å². The summed E-state index contributed by atoms with van der Waals surface area (Å²) < 4.78 is 0. The molecule has 1 atom stereocenters. The minimum absolute atomic E-state index is 0.108. The van der Waals surface area contributed by atoms with Crippen LogP contribution in [0.4, 0.5) is 5.69 Å². The molecule has 0 aromatic heterocycles. The standard InChI is InChI=1S/C26H36N4O2/c1-20(2)19-24(28-25(31)23-12-8-7-9-21(23)3)26(32)27-13-14-29-15-17-30(18-16-29)22-10-5-4-6-11-22/h4-12,20,24H,13-19H2,1-3H3,(H,27,32)(H,28,31). The summed E-state index contributed by atoms with van der Waals surface area (Å²) in [4.78, 5) is 30.4. The predicted molar refractivity (Wildman–Crippen MR) is 130 cm³/mol. The van der Waals surface area contributed by atoms with Crippen LogP contribution in [-0.2, 0) is 4.79 Å². The molecule has 0 spiro atoms. The summed E-state index contributed by atoms with van der Waals surface area (Å²) in [5.74, 6) is -0.00141. The van der Waals surface area contributed by atoms with Gasteiger partial charge >= 0.3 is 0 Å². The lowest BCUT2D eigenvalue weighted by Gasteiger charge is -2.36. The summed E-state index contributed by atoms with van der Waals surface area (Å²) in [6.45, 7) is 11.4. The Labute approximate surface area is 192 Å². The number of hydrogen-bond acceptors (Lipinski definition) is 4. The van der Waals surface area contributed by atoms with Crippen LogP contribution in [0, 0.1) is 12.8 Å². The molecule has 1 aliphatic heterocycles. The molecule has 2 amide bonds. The van der Waals surface area contributed by atoms with Crippen LogP contribution in [-0.4, -0.2) is 62.0 Å². The van der Waals surface area contributed by atoms with Gasteiger partial charge in [-0.05, 0) is 43.0 Å². The first-order valence-corrected chi connectivity index (χ1v) is 11.6. The van der Waals surface area contributed by atoms with Gasteiger partial charge in [0, 0.05) is 50.5 Å². The van der Waals surface area contributed by atoms with Crippen LogP contribution in [0.1, 0.15) is 36.2 Å². The van der Waals surface area contributed by atoms with Gasteiger partial charge in [-0.2, -0.15) is 0 Å². The van der Waals surface area contributed by atoms with Crippen molar-refractivity contribution in [2.45, 2.75) is 33.2 Å². The van der Waals surface area contributed by atoms with Gasteiger partial charge in [-0.3, -0.25) is 14.5 Å². The molecular formula is C26H36N4O2. The van der Waals surface area contributed by atoms with Gasteiger partial charge in [0.05, 0.1) is 0 Å². The van der Waals surface area contributed by atoms with Crippen LogP contribution in [0.3, 0.4) is 0 Å². The molecule has 1 heterocycles. The molecule has 1 saturated heterocycles. The lowest BCUT2D eigenvalue weighted by Crippen LogP contribution is -2.51. The fourth-order valence-electron chi connectivity index (χ4n) is 4.10. The Morgan fingerprint density at radius 2 is 1.59 bits per heavy atom. The van der Waals surface area contributed by atoms with Crippen molar-refractivity contribution in [1.82, 2.24) is 15.5 Å². The van der Waals surface area contributed by atoms with Crippen molar-refractivity contribution < 1.29 is 9.59 Å².